The second-order valence-corrected chi connectivity index (χ2v) is 6.18. The lowest BCUT2D eigenvalue weighted by Gasteiger charge is -2.18. The van der Waals surface area contributed by atoms with Crippen LogP contribution in [0.4, 0.5) is 6.01 Å². The molecule has 1 N–H and O–H groups in total. The maximum atomic E-state index is 12.3. The van der Waals surface area contributed by atoms with Crippen LogP contribution in [0.2, 0.25) is 0 Å². The Morgan fingerprint density at radius 2 is 1.64 bits per heavy atom. The molecule has 0 fully saturated rings. The van der Waals surface area contributed by atoms with Crippen molar-refractivity contribution in [3.63, 3.8) is 0 Å². The van der Waals surface area contributed by atoms with E-state index in [2.05, 4.69) is 15.5 Å². The zero-order valence-corrected chi connectivity index (χ0v) is 14.6. The molecule has 0 atom stereocenters. The van der Waals surface area contributed by atoms with Gasteiger partial charge in [0.25, 0.3) is 0 Å². The lowest BCUT2D eigenvalue weighted by molar-refractivity contribution is -0.115. The third-order valence-corrected chi connectivity index (χ3v) is 4.26. The molecule has 0 aliphatic carbocycles. The zero-order chi connectivity index (χ0) is 18.9. The lowest BCUT2D eigenvalue weighted by Crippen LogP contribution is -2.15. The monoisotopic (exact) mass is 381 g/mol. The Balaban J connectivity index is 1.27. The van der Waals surface area contributed by atoms with E-state index in [0.29, 0.717) is 41.8 Å². The number of ether oxygens (including phenoxy) is 4. The number of rotatable bonds is 4. The Morgan fingerprint density at radius 3 is 2.57 bits per heavy atom. The van der Waals surface area contributed by atoms with E-state index in [1.54, 1.807) is 30.3 Å². The average Bonchev–Trinajstić information content (AvgIpc) is 3.36. The summed E-state index contributed by atoms with van der Waals surface area (Å²) in [6, 6.07) is 10.7. The van der Waals surface area contributed by atoms with Gasteiger partial charge in [0, 0.05) is 5.56 Å². The standard InChI is InChI=1S/C19H15N3O6/c23-17(8-11-1-3-14-15(7-11)27-10-26-14)20-19-22-21-18(28-19)12-2-4-13-16(9-12)25-6-5-24-13/h1-4,7,9H,5-6,8,10H2,(H,20,22,23). The first kappa shape index (κ1) is 16.4. The number of nitrogens with one attached hydrogen (secondary N) is 1. The summed E-state index contributed by atoms with van der Waals surface area (Å²) in [5.41, 5.74) is 1.46. The van der Waals surface area contributed by atoms with Gasteiger partial charge in [0.15, 0.2) is 23.0 Å². The zero-order valence-electron chi connectivity index (χ0n) is 14.6. The van der Waals surface area contributed by atoms with Crippen molar-refractivity contribution in [2.45, 2.75) is 6.42 Å². The van der Waals surface area contributed by atoms with Crippen molar-refractivity contribution in [1.29, 1.82) is 0 Å². The fourth-order valence-corrected chi connectivity index (χ4v) is 2.97. The highest BCUT2D eigenvalue weighted by molar-refractivity contribution is 5.90. The maximum absolute atomic E-state index is 12.3. The molecule has 0 unspecified atom stereocenters. The molecule has 1 aromatic heterocycles. The topological polar surface area (TPSA) is 105 Å². The SMILES string of the molecule is O=C(Cc1ccc2c(c1)OCO2)Nc1nnc(-c2ccc3c(c2)OCCO3)o1. The van der Waals surface area contributed by atoms with Gasteiger partial charge in [-0.3, -0.25) is 10.1 Å². The first-order valence-electron chi connectivity index (χ1n) is 8.66. The Labute approximate surface area is 159 Å². The van der Waals surface area contributed by atoms with Gasteiger partial charge in [-0.2, -0.15) is 0 Å². The number of carbonyl (C=O) groups is 1. The van der Waals surface area contributed by atoms with Crippen LogP contribution in [0.3, 0.4) is 0 Å². The highest BCUT2D eigenvalue weighted by Gasteiger charge is 2.18. The quantitative estimate of drug-likeness (QED) is 0.735. The molecule has 9 nitrogen and oxygen atoms in total. The van der Waals surface area contributed by atoms with Crippen LogP contribution < -0.4 is 24.3 Å². The van der Waals surface area contributed by atoms with Crippen LogP contribution >= 0.6 is 0 Å². The summed E-state index contributed by atoms with van der Waals surface area (Å²) in [6.45, 7) is 1.20. The molecule has 28 heavy (non-hydrogen) atoms. The van der Waals surface area contributed by atoms with Crippen molar-refractivity contribution in [2.75, 3.05) is 25.3 Å². The number of hydrogen-bond acceptors (Lipinski definition) is 8. The average molecular weight is 381 g/mol. The van der Waals surface area contributed by atoms with Gasteiger partial charge in [-0.15, -0.1) is 5.10 Å². The predicted molar refractivity (Wildman–Crippen MR) is 95.6 cm³/mol. The third-order valence-electron chi connectivity index (χ3n) is 4.26. The van der Waals surface area contributed by atoms with E-state index in [-0.39, 0.29) is 31.0 Å². The number of benzene rings is 2. The third kappa shape index (κ3) is 3.18. The van der Waals surface area contributed by atoms with Gasteiger partial charge in [0.05, 0.1) is 6.42 Å². The van der Waals surface area contributed by atoms with Gasteiger partial charge >= 0.3 is 6.01 Å². The molecule has 0 saturated carbocycles. The van der Waals surface area contributed by atoms with Crippen LogP contribution in [0.15, 0.2) is 40.8 Å². The molecule has 142 valence electrons. The van der Waals surface area contributed by atoms with Crippen molar-refractivity contribution in [1.82, 2.24) is 10.2 Å². The van der Waals surface area contributed by atoms with E-state index < -0.39 is 0 Å². The molecule has 2 aromatic carbocycles. The number of amides is 1. The molecule has 0 spiro atoms. The van der Waals surface area contributed by atoms with E-state index in [9.17, 15) is 4.79 Å². The minimum absolute atomic E-state index is 0.0237. The smallest absolute Gasteiger partial charge is 0.322 e. The lowest BCUT2D eigenvalue weighted by atomic mass is 10.1. The summed E-state index contributed by atoms with van der Waals surface area (Å²) < 4.78 is 27.2. The first-order chi connectivity index (χ1) is 13.7. The molecular formula is C19H15N3O6. The molecule has 2 aliphatic heterocycles. The fourth-order valence-electron chi connectivity index (χ4n) is 2.97. The van der Waals surface area contributed by atoms with E-state index in [0.717, 1.165) is 5.56 Å². The first-order valence-corrected chi connectivity index (χ1v) is 8.66. The van der Waals surface area contributed by atoms with E-state index >= 15 is 0 Å². The number of hydrogen-bond donors (Lipinski definition) is 1. The summed E-state index contributed by atoms with van der Waals surface area (Å²) in [4.78, 5) is 12.3. The molecule has 2 aliphatic rings. The summed E-state index contributed by atoms with van der Waals surface area (Å²) >= 11 is 0. The number of nitrogens with zero attached hydrogens (tertiary/aromatic N) is 2. The largest absolute Gasteiger partial charge is 0.486 e. The maximum Gasteiger partial charge on any atom is 0.322 e. The molecule has 1 amide bonds. The van der Waals surface area contributed by atoms with Gasteiger partial charge in [-0.1, -0.05) is 11.2 Å². The van der Waals surface area contributed by atoms with Crippen LogP contribution in [-0.2, 0) is 11.2 Å². The Bertz CT molecular complexity index is 1050. The van der Waals surface area contributed by atoms with E-state index in [1.165, 1.54) is 0 Å². The minimum Gasteiger partial charge on any atom is -0.486 e. The molecule has 3 aromatic rings. The number of fused-ring (bicyclic) bond motifs is 2. The molecule has 9 heteroatoms. The molecule has 0 saturated heterocycles. The highest BCUT2D eigenvalue weighted by Crippen LogP contribution is 2.35. The van der Waals surface area contributed by atoms with Crippen LogP contribution in [0.1, 0.15) is 5.56 Å². The van der Waals surface area contributed by atoms with E-state index in [1.807, 2.05) is 6.07 Å². The molecule has 3 heterocycles. The second kappa shape index (κ2) is 6.76. The van der Waals surface area contributed by atoms with Crippen LogP contribution in [-0.4, -0.2) is 36.1 Å². The molecule has 0 radical (unpaired) electrons. The van der Waals surface area contributed by atoms with Crippen LogP contribution in [0, 0.1) is 0 Å². The van der Waals surface area contributed by atoms with Crippen molar-refractivity contribution < 1.29 is 28.2 Å². The van der Waals surface area contributed by atoms with Gasteiger partial charge in [-0.25, -0.2) is 0 Å². The Kier molecular flexibility index (Phi) is 3.97. The summed E-state index contributed by atoms with van der Waals surface area (Å²) in [7, 11) is 0. The van der Waals surface area contributed by atoms with Gasteiger partial charge in [0.2, 0.25) is 18.6 Å². The Morgan fingerprint density at radius 1 is 0.893 bits per heavy atom. The van der Waals surface area contributed by atoms with Crippen molar-refractivity contribution >= 4 is 11.9 Å². The van der Waals surface area contributed by atoms with Gasteiger partial charge in [-0.05, 0) is 35.9 Å². The summed E-state index contributed by atoms with van der Waals surface area (Å²) in [5, 5.41) is 10.5. The second-order valence-electron chi connectivity index (χ2n) is 6.18. The van der Waals surface area contributed by atoms with Crippen LogP contribution in [0.5, 0.6) is 23.0 Å². The van der Waals surface area contributed by atoms with Crippen LogP contribution in [0.25, 0.3) is 11.5 Å². The summed E-state index contributed by atoms with van der Waals surface area (Å²) in [5.74, 6) is 2.59. The minimum atomic E-state index is -0.281. The number of anilines is 1. The van der Waals surface area contributed by atoms with Gasteiger partial charge in [0.1, 0.15) is 13.2 Å². The molecule has 0 bridgehead atoms. The van der Waals surface area contributed by atoms with Crippen molar-refractivity contribution in [3.8, 4) is 34.5 Å². The molecular weight excluding hydrogens is 366 g/mol. The van der Waals surface area contributed by atoms with Crippen molar-refractivity contribution in [2.24, 2.45) is 0 Å². The van der Waals surface area contributed by atoms with Crippen molar-refractivity contribution in [3.05, 3.63) is 42.0 Å². The highest BCUT2D eigenvalue weighted by atomic mass is 16.7. The predicted octanol–water partition coefficient (Wildman–Crippen LogP) is 2.42. The van der Waals surface area contributed by atoms with E-state index in [4.69, 9.17) is 23.4 Å². The summed E-state index contributed by atoms with van der Waals surface area (Å²) in [6.07, 6.45) is 0.137. The molecule has 5 rings (SSSR count). The normalized spacial score (nSPS) is 14.0. The number of carbonyl (C=O) groups excluding carboxylic acids is 1. The number of aromatic nitrogens is 2. The van der Waals surface area contributed by atoms with Gasteiger partial charge < -0.3 is 23.4 Å². The Hall–Kier alpha value is -3.75. The fraction of sp³-hybridized carbons (Fsp3) is 0.211.